The molecule has 0 radical (unpaired) electrons. The van der Waals surface area contributed by atoms with Crippen LogP contribution in [0.25, 0.3) is 0 Å². The third kappa shape index (κ3) is 6.14. The van der Waals surface area contributed by atoms with Crippen molar-refractivity contribution in [2.75, 3.05) is 0 Å². The van der Waals surface area contributed by atoms with Crippen molar-refractivity contribution in [1.82, 2.24) is 5.15 Å². The molecular formula is C4H13NOSi. The van der Waals surface area contributed by atoms with Gasteiger partial charge in [-0.2, -0.15) is 0 Å². The number of hydrogen-bond donors (Lipinski definition) is 1. The van der Waals surface area contributed by atoms with Crippen LogP contribution in [0.5, 0.6) is 0 Å². The van der Waals surface area contributed by atoms with E-state index in [0.29, 0.717) is 0 Å². The normalized spacial score (nSPS) is 12.4. The van der Waals surface area contributed by atoms with Crippen LogP contribution in [0.4, 0.5) is 0 Å². The van der Waals surface area contributed by atoms with Crippen LogP contribution in [-0.2, 0) is 4.84 Å². The summed E-state index contributed by atoms with van der Waals surface area (Å²) in [6.45, 7) is 6.04. The zero-order valence-electron chi connectivity index (χ0n) is 5.41. The van der Waals surface area contributed by atoms with Crippen LogP contribution in [-0.4, -0.2) is 16.0 Å². The topological polar surface area (TPSA) is 21.3 Å². The van der Waals surface area contributed by atoms with E-state index in [2.05, 4.69) is 5.15 Å². The first-order valence-corrected chi connectivity index (χ1v) is 3.41. The molecule has 0 spiro atoms. The Morgan fingerprint density at radius 1 is 1.43 bits per heavy atom. The lowest BCUT2D eigenvalue weighted by atomic mass is 10.2. The van der Waals surface area contributed by atoms with Gasteiger partial charge in [-0.25, -0.2) is 5.15 Å². The van der Waals surface area contributed by atoms with E-state index < -0.39 is 0 Å². The van der Waals surface area contributed by atoms with Crippen LogP contribution >= 0.6 is 0 Å². The summed E-state index contributed by atoms with van der Waals surface area (Å²) in [5, 5.41) is 2.75. The lowest BCUT2D eigenvalue weighted by molar-refractivity contribution is -0.0354. The van der Waals surface area contributed by atoms with Crippen molar-refractivity contribution in [2.45, 2.75) is 26.4 Å². The molecule has 0 fully saturated rings. The van der Waals surface area contributed by atoms with E-state index in [1.807, 2.05) is 20.8 Å². The molecule has 44 valence electrons. The third-order valence-electron chi connectivity index (χ3n) is 0.408. The number of hydrogen-bond acceptors (Lipinski definition) is 2. The molecule has 7 heavy (non-hydrogen) atoms. The molecule has 0 bridgehead atoms. The quantitative estimate of drug-likeness (QED) is 0.374. The van der Waals surface area contributed by atoms with E-state index in [1.54, 1.807) is 0 Å². The van der Waals surface area contributed by atoms with Crippen molar-refractivity contribution >= 4 is 10.4 Å². The Morgan fingerprint density at radius 2 is 1.86 bits per heavy atom. The Bertz CT molecular complexity index is 50.1. The molecule has 2 nitrogen and oxygen atoms in total. The highest BCUT2D eigenvalue weighted by Crippen LogP contribution is 2.01. The van der Waals surface area contributed by atoms with Crippen molar-refractivity contribution in [1.29, 1.82) is 0 Å². The van der Waals surface area contributed by atoms with E-state index >= 15 is 0 Å². The molecule has 0 amide bonds. The van der Waals surface area contributed by atoms with Crippen LogP contribution in [0.15, 0.2) is 0 Å². The van der Waals surface area contributed by atoms with Crippen LogP contribution < -0.4 is 5.15 Å². The van der Waals surface area contributed by atoms with Crippen LogP contribution in [0.1, 0.15) is 20.8 Å². The lowest BCUT2D eigenvalue weighted by Gasteiger charge is -2.16. The summed E-state index contributed by atoms with van der Waals surface area (Å²) in [6, 6.07) is 0. The second-order valence-corrected chi connectivity index (χ2v) is 2.83. The Balaban J connectivity index is 3.15. The smallest absolute Gasteiger partial charge is 0.109 e. The van der Waals surface area contributed by atoms with Gasteiger partial charge in [-0.3, -0.25) is 0 Å². The first kappa shape index (κ1) is 7.14. The van der Waals surface area contributed by atoms with Crippen molar-refractivity contribution in [2.24, 2.45) is 0 Å². The molecule has 0 aromatic carbocycles. The second kappa shape index (κ2) is 2.45. The van der Waals surface area contributed by atoms with Gasteiger partial charge in [0.1, 0.15) is 10.4 Å². The zero-order valence-corrected chi connectivity index (χ0v) is 7.41. The summed E-state index contributed by atoms with van der Waals surface area (Å²) in [4.78, 5) is 5.04. The van der Waals surface area contributed by atoms with Crippen LogP contribution in [0.2, 0.25) is 0 Å². The van der Waals surface area contributed by atoms with Gasteiger partial charge in [-0.1, -0.05) is 0 Å². The van der Waals surface area contributed by atoms with Gasteiger partial charge in [0.25, 0.3) is 0 Å². The molecule has 0 aliphatic heterocycles. The Hall–Kier alpha value is 0.137. The summed E-state index contributed by atoms with van der Waals surface area (Å²) < 4.78 is 0. The zero-order chi connectivity index (χ0) is 5.91. The van der Waals surface area contributed by atoms with Crippen molar-refractivity contribution in [3.8, 4) is 0 Å². The monoisotopic (exact) mass is 119 g/mol. The highest BCUT2D eigenvalue weighted by atomic mass is 28.2. The molecular weight excluding hydrogens is 106 g/mol. The van der Waals surface area contributed by atoms with Crippen molar-refractivity contribution in [3.05, 3.63) is 0 Å². The summed E-state index contributed by atoms with van der Waals surface area (Å²) in [5.41, 5.74) is -0.0260. The largest absolute Gasteiger partial charge is 0.304 e. The molecule has 0 rings (SSSR count). The Labute approximate surface area is 47.7 Å². The molecule has 0 saturated heterocycles. The van der Waals surface area contributed by atoms with E-state index in [1.165, 1.54) is 0 Å². The first-order valence-electron chi connectivity index (χ1n) is 2.41. The SMILES string of the molecule is CC(C)(C)ON[SiH3]. The predicted molar refractivity (Wildman–Crippen MR) is 33.9 cm³/mol. The molecule has 0 aliphatic carbocycles. The van der Waals surface area contributed by atoms with E-state index in [4.69, 9.17) is 4.84 Å². The lowest BCUT2D eigenvalue weighted by Crippen LogP contribution is -2.27. The second-order valence-electron chi connectivity index (χ2n) is 2.42. The minimum absolute atomic E-state index is 0.0260. The summed E-state index contributed by atoms with van der Waals surface area (Å²) >= 11 is 0. The maximum absolute atomic E-state index is 5.04. The van der Waals surface area contributed by atoms with Gasteiger partial charge >= 0.3 is 0 Å². The van der Waals surface area contributed by atoms with Gasteiger partial charge in [0.2, 0.25) is 0 Å². The van der Waals surface area contributed by atoms with Gasteiger partial charge in [-0.15, -0.1) is 0 Å². The molecule has 0 saturated carbocycles. The van der Waals surface area contributed by atoms with Gasteiger partial charge in [0.05, 0.1) is 5.60 Å². The van der Waals surface area contributed by atoms with E-state index in [-0.39, 0.29) is 5.60 Å². The summed E-state index contributed by atoms with van der Waals surface area (Å²) in [7, 11) is 0.898. The summed E-state index contributed by atoms with van der Waals surface area (Å²) in [5.74, 6) is 0. The van der Waals surface area contributed by atoms with E-state index in [9.17, 15) is 0 Å². The first-order chi connectivity index (χ1) is 3.06. The summed E-state index contributed by atoms with van der Waals surface area (Å²) in [6.07, 6.45) is 0. The van der Waals surface area contributed by atoms with Crippen molar-refractivity contribution < 1.29 is 4.84 Å². The van der Waals surface area contributed by atoms with Crippen LogP contribution in [0, 0.1) is 0 Å². The Morgan fingerprint density at radius 3 is 1.86 bits per heavy atom. The van der Waals surface area contributed by atoms with Gasteiger partial charge in [0, 0.05) is 0 Å². The molecule has 0 aromatic rings. The predicted octanol–water partition coefficient (Wildman–Crippen LogP) is -0.413. The Kier molecular flexibility index (Phi) is 2.49. The third-order valence-corrected chi connectivity index (χ3v) is 0.612. The van der Waals surface area contributed by atoms with Crippen molar-refractivity contribution in [3.63, 3.8) is 0 Å². The molecule has 3 heteroatoms. The minimum atomic E-state index is -0.0260. The maximum Gasteiger partial charge on any atom is 0.109 e. The molecule has 0 atom stereocenters. The van der Waals surface area contributed by atoms with Crippen LogP contribution in [0.3, 0.4) is 0 Å². The van der Waals surface area contributed by atoms with Gasteiger partial charge < -0.3 is 4.84 Å². The van der Waals surface area contributed by atoms with Gasteiger partial charge in [-0.05, 0) is 20.8 Å². The van der Waals surface area contributed by atoms with E-state index in [0.717, 1.165) is 10.4 Å². The average Bonchev–Trinajstić information content (AvgIpc) is 1.30. The average molecular weight is 119 g/mol. The minimum Gasteiger partial charge on any atom is -0.304 e. The standard InChI is InChI=1S/C4H13NOSi/c1-4(2,3)6-5-7/h5H,1-3,7H3. The highest BCUT2D eigenvalue weighted by molar-refractivity contribution is 6.03. The molecule has 0 aliphatic rings. The molecule has 0 unspecified atom stereocenters. The molecule has 0 aromatic heterocycles. The fourth-order valence-electron chi connectivity index (χ4n) is 0.306. The fraction of sp³-hybridized carbons (Fsp3) is 1.00. The maximum atomic E-state index is 5.04. The highest BCUT2D eigenvalue weighted by Gasteiger charge is 2.07. The van der Waals surface area contributed by atoms with Gasteiger partial charge in [0.15, 0.2) is 0 Å². The number of nitrogens with one attached hydrogen (secondary N) is 1. The molecule has 1 N–H and O–H groups in total. The number of rotatable bonds is 1. The molecule has 0 heterocycles. The fourth-order valence-corrected chi connectivity index (χ4v) is 0.919.